The Bertz CT molecular complexity index is 294. The summed E-state index contributed by atoms with van der Waals surface area (Å²) in [6.45, 7) is 2.69. The van der Waals surface area contributed by atoms with E-state index in [2.05, 4.69) is 18.6 Å². The third-order valence-corrected chi connectivity index (χ3v) is 2.25. The molecule has 0 fully saturated rings. The van der Waals surface area contributed by atoms with E-state index in [0.29, 0.717) is 6.61 Å². The van der Waals surface area contributed by atoms with E-state index in [9.17, 15) is 0 Å². The lowest BCUT2D eigenvalue weighted by atomic mass is 10.1. The van der Waals surface area contributed by atoms with Crippen LogP contribution >= 0.6 is 0 Å². The second-order valence-electron chi connectivity index (χ2n) is 3.16. The van der Waals surface area contributed by atoms with Crippen LogP contribution in [0.15, 0.2) is 18.2 Å². The molecule has 1 radical (unpaired) electrons. The highest BCUT2D eigenvalue weighted by Gasteiger charge is 2.09. The normalized spacial score (nSPS) is 15.8. The summed E-state index contributed by atoms with van der Waals surface area (Å²) < 4.78 is 0. The van der Waals surface area contributed by atoms with Gasteiger partial charge in [-0.3, -0.25) is 0 Å². The molecule has 0 aliphatic carbocycles. The molecule has 1 aromatic carbocycles. The van der Waals surface area contributed by atoms with Crippen molar-refractivity contribution in [1.82, 2.24) is 0 Å². The van der Waals surface area contributed by atoms with Crippen molar-refractivity contribution < 1.29 is 9.78 Å². The van der Waals surface area contributed by atoms with Gasteiger partial charge in [0.25, 0.3) is 0 Å². The topological polar surface area (TPSA) is 18.5 Å². The van der Waals surface area contributed by atoms with E-state index in [0.717, 1.165) is 18.6 Å². The van der Waals surface area contributed by atoms with E-state index < -0.39 is 0 Å². The van der Waals surface area contributed by atoms with Crippen molar-refractivity contribution in [3.8, 4) is 5.75 Å². The lowest BCUT2D eigenvalue weighted by Crippen LogP contribution is -1.95. The molecule has 1 heterocycles. The van der Waals surface area contributed by atoms with E-state index in [1.54, 1.807) is 0 Å². The minimum absolute atomic E-state index is 0.680. The van der Waals surface area contributed by atoms with Gasteiger partial charge in [0.05, 0.1) is 6.61 Å². The highest BCUT2D eigenvalue weighted by Crippen LogP contribution is 2.25. The molecule has 0 saturated heterocycles. The van der Waals surface area contributed by atoms with E-state index in [1.807, 2.05) is 13.0 Å². The van der Waals surface area contributed by atoms with Crippen LogP contribution in [-0.4, -0.2) is 6.61 Å². The number of hydrogen-bond donors (Lipinski definition) is 0. The summed E-state index contributed by atoms with van der Waals surface area (Å²) >= 11 is 0. The van der Waals surface area contributed by atoms with Crippen molar-refractivity contribution in [2.45, 2.75) is 19.8 Å². The lowest BCUT2D eigenvalue weighted by molar-refractivity contribution is -0.203. The van der Waals surface area contributed by atoms with Gasteiger partial charge in [-0.2, -0.15) is 4.89 Å². The fourth-order valence-corrected chi connectivity index (χ4v) is 1.46. The predicted octanol–water partition coefficient (Wildman–Crippen LogP) is 2.52. The number of fused-ring (bicyclic) bond motifs is 1. The molecule has 0 saturated carbocycles. The van der Waals surface area contributed by atoms with Crippen molar-refractivity contribution in [3.63, 3.8) is 0 Å². The molecule has 69 valence electrons. The molecule has 0 N–H and O–H groups in total. The first kappa shape index (κ1) is 8.57. The summed E-state index contributed by atoms with van der Waals surface area (Å²) in [5.41, 5.74) is 2.41. The highest BCUT2D eigenvalue weighted by molar-refractivity contribution is 5.39. The van der Waals surface area contributed by atoms with Gasteiger partial charge >= 0.3 is 0 Å². The van der Waals surface area contributed by atoms with E-state index in [4.69, 9.17) is 9.78 Å². The maximum Gasteiger partial charge on any atom is 0.168 e. The van der Waals surface area contributed by atoms with Crippen molar-refractivity contribution in [1.29, 1.82) is 0 Å². The predicted molar refractivity (Wildman–Crippen MR) is 50.4 cm³/mol. The first-order chi connectivity index (χ1) is 6.40. The Morgan fingerprint density at radius 2 is 2.31 bits per heavy atom. The van der Waals surface area contributed by atoms with Gasteiger partial charge in [-0.05, 0) is 36.5 Å². The second-order valence-corrected chi connectivity index (χ2v) is 3.16. The van der Waals surface area contributed by atoms with Gasteiger partial charge in [-0.15, -0.1) is 0 Å². The van der Waals surface area contributed by atoms with E-state index >= 15 is 0 Å². The van der Waals surface area contributed by atoms with Crippen molar-refractivity contribution in [3.05, 3.63) is 35.7 Å². The smallest absolute Gasteiger partial charge is 0.168 e. The Balaban J connectivity index is 2.32. The average Bonchev–Trinajstić information content (AvgIpc) is 2.41. The van der Waals surface area contributed by atoms with Crippen LogP contribution in [0.4, 0.5) is 0 Å². The molecule has 0 aromatic heterocycles. The number of hydrogen-bond acceptors (Lipinski definition) is 2. The van der Waals surface area contributed by atoms with Gasteiger partial charge in [0.15, 0.2) is 5.75 Å². The molecule has 2 nitrogen and oxygen atoms in total. The molecule has 2 rings (SSSR count). The maximum absolute atomic E-state index is 5.17. The van der Waals surface area contributed by atoms with Crippen LogP contribution in [0.2, 0.25) is 0 Å². The Morgan fingerprint density at radius 3 is 3.15 bits per heavy atom. The molecular formula is C11H13O2. The van der Waals surface area contributed by atoms with Gasteiger partial charge in [0, 0.05) is 0 Å². The molecule has 0 bridgehead atoms. The lowest BCUT2D eigenvalue weighted by Gasteiger charge is -2.05. The highest BCUT2D eigenvalue weighted by atomic mass is 17.2. The first-order valence-electron chi connectivity index (χ1n) is 4.62. The standard InChI is InChI=1S/C11H13O2/c1-2-9-5-6-10-4-3-7-12-13-11(10)8-9/h2,5-6,8H,3-4,7H2,1H3. The number of benzene rings is 1. The molecule has 1 aromatic rings. The molecule has 2 heteroatoms. The van der Waals surface area contributed by atoms with Crippen LogP contribution in [0, 0.1) is 6.42 Å². The van der Waals surface area contributed by atoms with Gasteiger partial charge in [0.2, 0.25) is 0 Å². The van der Waals surface area contributed by atoms with Crippen molar-refractivity contribution >= 4 is 0 Å². The third-order valence-electron chi connectivity index (χ3n) is 2.25. The zero-order valence-corrected chi connectivity index (χ0v) is 7.75. The monoisotopic (exact) mass is 177 g/mol. The van der Waals surface area contributed by atoms with E-state index in [-0.39, 0.29) is 0 Å². The fourth-order valence-electron chi connectivity index (χ4n) is 1.46. The summed E-state index contributed by atoms with van der Waals surface area (Å²) in [6.07, 6.45) is 4.12. The molecular weight excluding hydrogens is 164 g/mol. The number of aryl methyl sites for hydroxylation is 1. The molecule has 0 unspecified atom stereocenters. The van der Waals surface area contributed by atoms with Gasteiger partial charge in [0.1, 0.15) is 0 Å². The summed E-state index contributed by atoms with van der Waals surface area (Å²) in [7, 11) is 0. The molecule has 1 aliphatic rings. The van der Waals surface area contributed by atoms with Crippen molar-refractivity contribution in [2.75, 3.05) is 6.61 Å². The largest absolute Gasteiger partial charge is 0.337 e. The Morgan fingerprint density at radius 1 is 1.38 bits per heavy atom. The SMILES string of the molecule is C[CH]c1ccc2c(c1)OOCCC2. The summed E-state index contributed by atoms with van der Waals surface area (Å²) in [5.74, 6) is 0.869. The quantitative estimate of drug-likeness (QED) is 0.614. The zero-order chi connectivity index (χ0) is 9.10. The Labute approximate surface area is 78.4 Å². The average molecular weight is 177 g/mol. The fraction of sp³-hybridized carbons (Fsp3) is 0.364. The van der Waals surface area contributed by atoms with Crippen LogP contribution in [0.25, 0.3) is 0 Å². The third kappa shape index (κ3) is 1.83. The van der Waals surface area contributed by atoms with E-state index in [1.165, 1.54) is 11.1 Å². The van der Waals surface area contributed by atoms with Gasteiger partial charge in [-0.25, -0.2) is 0 Å². The van der Waals surface area contributed by atoms with Gasteiger partial charge < -0.3 is 4.89 Å². The zero-order valence-electron chi connectivity index (χ0n) is 7.75. The van der Waals surface area contributed by atoms with Crippen LogP contribution < -0.4 is 4.89 Å². The van der Waals surface area contributed by atoms with Crippen LogP contribution in [0.3, 0.4) is 0 Å². The van der Waals surface area contributed by atoms with Gasteiger partial charge in [-0.1, -0.05) is 19.1 Å². The summed E-state index contributed by atoms with van der Waals surface area (Å²) in [4.78, 5) is 10.2. The first-order valence-corrected chi connectivity index (χ1v) is 4.62. The van der Waals surface area contributed by atoms with Crippen molar-refractivity contribution in [2.24, 2.45) is 0 Å². The van der Waals surface area contributed by atoms with Crippen LogP contribution in [-0.2, 0) is 11.3 Å². The molecule has 0 spiro atoms. The Kier molecular flexibility index (Phi) is 2.50. The summed E-state index contributed by atoms with van der Waals surface area (Å²) in [6, 6.07) is 6.23. The molecule has 13 heavy (non-hydrogen) atoms. The molecule has 1 aliphatic heterocycles. The second kappa shape index (κ2) is 3.79. The van der Waals surface area contributed by atoms with Crippen LogP contribution in [0.5, 0.6) is 5.75 Å². The number of rotatable bonds is 1. The minimum Gasteiger partial charge on any atom is -0.337 e. The molecule has 0 atom stereocenters. The Hall–Kier alpha value is -1.02. The maximum atomic E-state index is 5.17. The van der Waals surface area contributed by atoms with Crippen LogP contribution in [0.1, 0.15) is 24.5 Å². The molecule has 0 amide bonds. The minimum atomic E-state index is 0.680. The summed E-state index contributed by atoms with van der Waals surface area (Å²) in [5, 5.41) is 0.